The number of nitrogen functional groups attached to an aromatic ring is 1. The lowest BCUT2D eigenvalue weighted by Crippen LogP contribution is -1.92. The quantitative estimate of drug-likeness (QED) is 0.559. The van der Waals surface area contributed by atoms with Gasteiger partial charge in [0, 0.05) is 11.4 Å². The fourth-order valence-electron chi connectivity index (χ4n) is 2.72. The van der Waals surface area contributed by atoms with Crippen LogP contribution in [-0.4, -0.2) is 9.55 Å². The van der Waals surface area contributed by atoms with Crippen LogP contribution in [0.3, 0.4) is 0 Å². The summed E-state index contributed by atoms with van der Waals surface area (Å²) in [7, 11) is 0. The number of para-hydroxylation sites is 2. The Hall–Kier alpha value is -3.07. The summed E-state index contributed by atoms with van der Waals surface area (Å²) < 4.78 is 2.10. The van der Waals surface area contributed by atoms with Gasteiger partial charge in [0.1, 0.15) is 6.33 Å². The molecule has 0 spiro atoms. The highest BCUT2D eigenvalue weighted by Crippen LogP contribution is 2.25. The van der Waals surface area contributed by atoms with Crippen molar-refractivity contribution in [3.63, 3.8) is 0 Å². The zero-order chi connectivity index (χ0) is 14.9. The summed E-state index contributed by atoms with van der Waals surface area (Å²) in [5.41, 5.74) is 12.1. The molecular weight excluding hydrogens is 270 g/mol. The van der Waals surface area contributed by atoms with Gasteiger partial charge in [0.05, 0.1) is 11.0 Å². The van der Waals surface area contributed by atoms with E-state index in [9.17, 15) is 0 Å². The van der Waals surface area contributed by atoms with E-state index in [2.05, 4.69) is 45.9 Å². The maximum absolute atomic E-state index is 5.89. The molecule has 2 N–H and O–H groups in total. The molecule has 4 aromatic rings. The molecule has 3 aromatic carbocycles. The Kier molecular flexibility index (Phi) is 2.90. The first-order chi connectivity index (χ1) is 10.8. The maximum atomic E-state index is 5.89. The second-order valence-electron chi connectivity index (χ2n) is 5.28. The molecule has 0 saturated carbocycles. The molecule has 0 amide bonds. The molecule has 3 heteroatoms. The van der Waals surface area contributed by atoms with Crippen molar-refractivity contribution in [3.8, 4) is 16.8 Å². The molecule has 22 heavy (non-hydrogen) atoms. The van der Waals surface area contributed by atoms with Gasteiger partial charge >= 0.3 is 0 Å². The van der Waals surface area contributed by atoms with E-state index in [1.165, 1.54) is 0 Å². The molecule has 0 unspecified atom stereocenters. The highest BCUT2D eigenvalue weighted by Gasteiger charge is 2.05. The fourth-order valence-corrected chi connectivity index (χ4v) is 2.72. The third kappa shape index (κ3) is 2.13. The third-order valence-electron chi connectivity index (χ3n) is 3.80. The zero-order valence-electron chi connectivity index (χ0n) is 12.0. The number of nitrogens with zero attached hydrogens (tertiary/aromatic N) is 2. The van der Waals surface area contributed by atoms with Crippen molar-refractivity contribution in [2.24, 2.45) is 0 Å². The van der Waals surface area contributed by atoms with Gasteiger partial charge in [-0.05, 0) is 47.5 Å². The number of rotatable bonds is 2. The van der Waals surface area contributed by atoms with Crippen molar-refractivity contribution >= 4 is 16.7 Å². The Morgan fingerprint density at radius 1 is 0.773 bits per heavy atom. The molecule has 0 saturated heterocycles. The van der Waals surface area contributed by atoms with E-state index in [0.717, 1.165) is 33.5 Å². The lowest BCUT2D eigenvalue weighted by Gasteiger charge is -2.08. The summed E-state index contributed by atoms with van der Waals surface area (Å²) in [6, 6.07) is 24.5. The highest BCUT2D eigenvalue weighted by atomic mass is 15.0. The molecule has 0 atom stereocenters. The molecule has 1 heterocycles. The van der Waals surface area contributed by atoms with Crippen molar-refractivity contribution in [1.82, 2.24) is 9.55 Å². The molecule has 106 valence electrons. The van der Waals surface area contributed by atoms with Crippen LogP contribution in [0.1, 0.15) is 0 Å². The van der Waals surface area contributed by atoms with E-state index in [1.807, 2.05) is 42.7 Å². The summed E-state index contributed by atoms with van der Waals surface area (Å²) >= 11 is 0. The van der Waals surface area contributed by atoms with Gasteiger partial charge in [0.25, 0.3) is 0 Å². The van der Waals surface area contributed by atoms with Crippen molar-refractivity contribution in [2.45, 2.75) is 0 Å². The lowest BCUT2D eigenvalue weighted by atomic mass is 10.0. The predicted molar refractivity (Wildman–Crippen MR) is 90.9 cm³/mol. The first-order valence-electron chi connectivity index (χ1n) is 7.20. The third-order valence-corrected chi connectivity index (χ3v) is 3.80. The highest BCUT2D eigenvalue weighted by molar-refractivity contribution is 5.78. The second kappa shape index (κ2) is 5.04. The molecule has 0 bridgehead atoms. The topological polar surface area (TPSA) is 43.8 Å². The van der Waals surface area contributed by atoms with E-state index >= 15 is 0 Å². The van der Waals surface area contributed by atoms with E-state index in [-0.39, 0.29) is 0 Å². The van der Waals surface area contributed by atoms with E-state index in [1.54, 1.807) is 0 Å². The normalized spacial score (nSPS) is 10.9. The number of hydrogen-bond acceptors (Lipinski definition) is 2. The van der Waals surface area contributed by atoms with E-state index in [4.69, 9.17) is 5.73 Å². The van der Waals surface area contributed by atoms with Crippen molar-refractivity contribution in [3.05, 3.63) is 79.1 Å². The number of fused-ring (bicyclic) bond motifs is 1. The summed E-state index contributed by atoms with van der Waals surface area (Å²) in [5.74, 6) is 0. The van der Waals surface area contributed by atoms with Crippen molar-refractivity contribution in [1.29, 1.82) is 0 Å². The van der Waals surface area contributed by atoms with Crippen LogP contribution in [0.15, 0.2) is 79.1 Å². The molecule has 0 aliphatic heterocycles. The minimum atomic E-state index is 0.774. The van der Waals surface area contributed by atoms with Gasteiger partial charge in [0.15, 0.2) is 0 Å². The van der Waals surface area contributed by atoms with Gasteiger partial charge in [0.2, 0.25) is 0 Å². The summed E-state index contributed by atoms with van der Waals surface area (Å²) in [6.45, 7) is 0. The van der Waals surface area contributed by atoms with Crippen LogP contribution in [0.25, 0.3) is 27.8 Å². The molecule has 0 radical (unpaired) electrons. The Morgan fingerprint density at radius 3 is 2.41 bits per heavy atom. The Balaban J connectivity index is 1.85. The SMILES string of the molecule is Nc1cccc(-c2cccc(-n3cnc4ccccc43)c2)c1. The lowest BCUT2D eigenvalue weighted by molar-refractivity contribution is 1.09. The van der Waals surface area contributed by atoms with Crippen LogP contribution in [-0.2, 0) is 0 Å². The molecule has 0 aliphatic carbocycles. The predicted octanol–water partition coefficient (Wildman–Crippen LogP) is 4.27. The summed E-state index contributed by atoms with van der Waals surface area (Å²) in [6.07, 6.45) is 1.86. The summed E-state index contributed by atoms with van der Waals surface area (Å²) in [4.78, 5) is 4.45. The fraction of sp³-hybridized carbons (Fsp3) is 0. The standard InChI is InChI=1S/C19H15N3/c20-16-7-3-5-14(11-16)15-6-4-8-17(12-15)22-13-21-18-9-1-2-10-19(18)22/h1-13H,20H2. The molecule has 1 aromatic heterocycles. The van der Waals surface area contributed by atoms with Crippen LogP contribution in [0.5, 0.6) is 0 Å². The zero-order valence-corrected chi connectivity index (χ0v) is 12.0. The number of anilines is 1. The number of aromatic nitrogens is 2. The van der Waals surface area contributed by atoms with Crippen molar-refractivity contribution < 1.29 is 0 Å². The Morgan fingerprint density at radius 2 is 1.55 bits per heavy atom. The molecule has 4 rings (SSSR count). The first-order valence-corrected chi connectivity index (χ1v) is 7.20. The van der Waals surface area contributed by atoms with Crippen molar-refractivity contribution in [2.75, 3.05) is 5.73 Å². The van der Waals surface area contributed by atoms with Gasteiger partial charge in [-0.15, -0.1) is 0 Å². The molecule has 0 fully saturated rings. The van der Waals surface area contributed by atoms with Gasteiger partial charge in [-0.25, -0.2) is 4.98 Å². The molecule has 3 nitrogen and oxygen atoms in total. The van der Waals surface area contributed by atoms with Crippen LogP contribution in [0.2, 0.25) is 0 Å². The maximum Gasteiger partial charge on any atom is 0.100 e. The average molecular weight is 285 g/mol. The number of benzene rings is 3. The Labute approximate surface area is 128 Å². The minimum absolute atomic E-state index is 0.774. The van der Waals surface area contributed by atoms with Crippen LogP contribution in [0, 0.1) is 0 Å². The Bertz CT molecular complexity index is 953. The van der Waals surface area contributed by atoms with Gasteiger partial charge in [-0.1, -0.05) is 36.4 Å². The first kappa shape index (κ1) is 12.7. The van der Waals surface area contributed by atoms with Gasteiger partial charge in [-0.3, -0.25) is 4.57 Å². The van der Waals surface area contributed by atoms with Gasteiger partial charge in [-0.2, -0.15) is 0 Å². The molecular formula is C19H15N3. The van der Waals surface area contributed by atoms with Crippen LogP contribution >= 0.6 is 0 Å². The average Bonchev–Trinajstić information content (AvgIpc) is 2.99. The van der Waals surface area contributed by atoms with E-state index < -0.39 is 0 Å². The smallest absolute Gasteiger partial charge is 0.100 e. The second-order valence-corrected chi connectivity index (χ2v) is 5.28. The van der Waals surface area contributed by atoms with Crippen LogP contribution < -0.4 is 5.73 Å². The number of hydrogen-bond donors (Lipinski definition) is 1. The monoisotopic (exact) mass is 285 g/mol. The molecule has 0 aliphatic rings. The van der Waals surface area contributed by atoms with Crippen LogP contribution in [0.4, 0.5) is 5.69 Å². The largest absolute Gasteiger partial charge is 0.399 e. The minimum Gasteiger partial charge on any atom is -0.399 e. The van der Waals surface area contributed by atoms with Gasteiger partial charge < -0.3 is 5.73 Å². The van der Waals surface area contributed by atoms with E-state index in [0.29, 0.717) is 0 Å². The summed E-state index contributed by atoms with van der Waals surface area (Å²) in [5, 5.41) is 0. The number of nitrogens with two attached hydrogens (primary N) is 1. The number of imidazole rings is 1.